The molecule has 0 atom stereocenters. The third-order valence-corrected chi connectivity index (χ3v) is 6.02. The number of hydrogen-bond acceptors (Lipinski definition) is 3. The Balaban J connectivity index is 2.04. The average molecular weight is 299 g/mol. The van der Waals surface area contributed by atoms with Crippen molar-refractivity contribution in [3.63, 3.8) is 0 Å². The standard InChI is InChI=1S/C15H22FNO2S/c1-12(2)11-17-9-7-15(8-10-17)20(18,19)14-5-3-13(16)4-6-14/h3-6,12,15H,7-11H2,1-2H3. The first kappa shape index (κ1) is 15.4. The molecule has 1 aromatic rings. The van der Waals surface area contributed by atoms with Crippen LogP contribution in [0.1, 0.15) is 26.7 Å². The minimum absolute atomic E-state index is 0.237. The van der Waals surface area contributed by atoms with E-state index in [0.29, 0.717) is 18.8 Å². The maximum absolute atomic E-state index is 12.9. The summed E-state index contributed by atoms with van der Waals surface area (Å²) in [5.41, 5.74) is 0. The molecule has 0 amide bonds. The molecule has 112 valence electrons. The minimum Gasteiger partial charge on any atom is -0.303 e. The van der Waals surface area contributed by atoms with Gasteiger partial charge in [-0.2, -0.15) is 0 Å². The van der Waals surface area contributed by atoms with Gasteiger partial charge < -0.3 is 4.90 Å². The lowest BCUT2D eigenvalue weighted by atomic mass is 10.1. The summed E-state index contributed by atoms with van der Waals surface area (Å²) >= 11 is 0. The first-order valence-electron chi connectivity index (χ1n) is 7.11. The fourth-order valence-electron chi connectivity index (χ4n) is 2.74. The fraction of sp³-hybridized carbons (Fsp3) is 0.600. The van der Waals surface area contributed by atoms with Crippen molar-refractivity contribution in [2.75, 3.05) is 19.6 Å². The van der Waals surface area contributed by atoms with Gasteiger partial charge in [0, 0.05) is 6.54 Å². The molecule has 3 nitrogen and oxygen atoms in total. The second-order valence-electron chi connectivity index (χ2n) is 5.89. The molecule has 0 N–H and O–H groups in total. The number of hydrogen-bond donors (Lipinski definition) is 0. The lowest BCUT2D eigenvalue weighted by Gasteiger charge is -2.32. The third kappa shape index (κ3) is 3.58. The number of likely N-dealkylation sites (tertiary alicyclic amines) is 1. The Kier molecular flexibility index (Phi) is 4.81. The van der Waals surface area contributed by atoms with Crippen LogP contribution in [0.2, 0.25) is 0 Å². The van der Waals surface area contributed by atoms with Crippen LogP contribution in [-0.4, -0.2) is 38.2 Å². The van der Waals surface area contributed by atoms with Crippen LogP contribution < -0.4 is 0 Å². The van der Waals surface area contributed by atoms with Gasteiger partial charge in [-0.25, -0.2) is 12.8 Å². The Labute approximate surface area is 120 Å². The van der Waals surface area contributed by atoms with Crippen LogP contribution in [0.3, 0.4) is 0 Å². The zero-order valence-electron chi connectivity index (χ0n) is 12.0. The van der Waals surface area contributed by atoms with Gasteiger partial charge in [-0.1, -0.05) is 13.8 Å². The predicted molar refractivity (Wildman–Crippen MR) is 77.9 cm³/mol. The van der Waals surface area contributed by atoms with Gasteiger partial charge in [0.05, 0.1) is 10.1 Å². The van der Waals surface area contributed by atoms with Crippen LogP contribution in [0.15, 0.2) is 29.2 Å². The Hall–Kier alpha value is -0.940. The molecule has 1 saturated heterocycles. The molecule has 1 aliphatic heterocycles. The Morgan fingerprint density at radius 2 is 1.75 bits per heavy atom. The van der Waals surface area contributed by atoms with E-state index in [9.17, 15) is 12.8 Å². The van der Waals surface area contributed by atoms with Crippen LogP contribution >= 0.6 is 0 Å². The molecular formula is C15H22FNO2S. The molecular weight excluding hydrogens is 277 g/mol. The lowest BCUT2D eigenvalue weighted by molar-refractivity contribution is 0.207. The van der Waals surface area contributed by atoms with Gasteiger partial charge in [-0.3, -0.25) is 0 Å². The SMILES string of the molecule is CC(C)CN1CCC(S(=O)(=O)c2ccc(F)cc2)CC1. The highest BCUT2D eigenvalue weighted by Gasteiger charge is 2.31. The van der Waals surface area contributed by atoms with Gasteiger partial charge in [0.15, 0.2) is 9.84 Å². The van der Waals surface area contributed by atoms with E-state index in [-0.39, 0.29) is 10.1 Å². The first-order valence-corrected chi connectivity index (χ1v) is 8.66. The van der Waals surface area contributed by atoms with Gasteiger partial charge in [-0.15, -0.1) is 0 Å². The lowest BCUT2D eigenvalue weighted by Crippen LogP contribution is -2.40. The summed E-state index contributed by atoms with van der Waals surface area (Å²) in [4.78, 5) is 2.56. The molecule has 0 radical (unpaired) electrons. The molecule has 1 fully saturated rings. The van der Waals surface area contributed by atoms with Crippen molar-refractivity contribution in [1.29, 1.82) is 0 Å². The Bertz CT molecular complexity index is 531. The number of nitrogens with zero attached hydrogens (tertiary/aromatic N) is 1. The van der Waals surface area contributed by atoms with E-state index >= 15 is 0 Å². The van der Waals surface area contributed by atoms with Gasteiger partial charge in [0.25, 0.3) is 0 Å². The van der Waals surface area contributed by atoms with Crippen molar-refractivity contribution in [3.8, 4) is 0 Å². The van der Waals surface area contributed by atoms with E-state index in [0.717, 1.165) is 19.6 Å². The van der Waals surface area contributed by atoms with Crippen LogP contribution in [0.25, 0.3) is 0 Å². The molecule has 0 unspecified atom stereocenters. The summed E-state index contributed by atoms with van der Waals surface area (Å²) in [6.07, 6.45) is 1.32. The summed E-state index contributed by atoms with van der Waals surface area (Å²) in [5, 5.41) is -0.337. The Morgan fingerprint density at radius 1 is 1.20 bits per heavy atom. The van der Waals surface area contributed by atoms with Crippen LogP contribution in [0.4, 0.5) is 4.39 Å². The normalized spacial score (nSPS) is 18.6. The summed E-state index contributed by atoms with van der Waals surface area (Å²) in [5.74, 6) is 0.191. The van der Waals surface area contributed by atoms with E-state index in [1.807, 2.05) is 0 Å². The van der Waals surface area contributed by atoms with Crippen molar-refractivity contribution in [1.82, 2.24) is 4.90 Å². The van der Waals surface area contributed by atoms with Crippen molar-refractivity contribution < 1.29 is 12.8 Å². The van der Waals surface area contributed by atoms with Crippen molar-refractivity contribution in [2.24, 2.45) is 5.92 Å². The predicted octanol–water partition coefficient (Wildman–Crippen LogP) is 2.72. The van der Waals surface area contributed by atoms with Gasteiger partial charge in [0.2, 0.25) is 0 Å². The third-order valence-electron chi connectivity index (χ3n) is 3.74. The monoisotopic (exact) mass is 299 g/mol. The molecule has 0 spiro atoms. The van der Waals surface area contributed by atoms with Crippen LogP contribution in [0.5, 0.6) is 0 Å². The first-order chi connectivity index (χ1) is 9.39. The van der Waals surface area contributed by atoms with E-state index in [1.165, 1.54) is 24.3 Å². The molecule has 1 aliphatic rings. The van der Waals surface area contributed by atoms with Gasteiger partial charge >= 0.3 is 0 Å². The second kappa shape index (κ2) is 6.22. The molecule has 5 heteroatoms. The number of piperidine rings is 1. The van der Waals surface area contributed by atoms with Crippen molar-refractivity contribution in [3.05, 3.63) is 30.1 Å². The zero-order chi connectivity index (χ0) is 14.8. The highest BCUT2D eigenvalue weighted by atomic mass is 32.2. The van der Waals surface area contributed by atoms with Crippen molar-refractivity contribution in [2.45, 2.75) is 36.8 Å². The quantitative estimate of drug-likeness (QED) is 0.802. The maximum atomic E-state index is 12.9. The largest absolute Gasteiger partial charge is 0.303 e. The maximum Gasteiger partial charge on any atom is 0.181 e. The molecule has 0 aromatic heterocycles. The number of halogens is 1. The fourth-order valence-corrected chi connectivity index (χ4v) is 4.47. The highest BCUT2D eigenvalue weighted by Crippen LogP contribution is 2.25. The highest BCUT2D eigenvalue weighted by molar-refractivity contribution is 7.92. The summed E-state index contributed by atoms with van der Waals surface area (Å²) in [6, 6.07) is 5.15. The van der Waals surface area contributed by atoms with E-state index in [1.54, 1.807) is 0 Å². The van der Waals surface area contributed by atoms with Gasteiger partial charge in [0.1, 0.15) is 5.82 Å². The molecule has 20 heavy (non-hydrogen) atoms. The number of benzene rings is 1. The minimum atomic E-state index is -3.32. The molecule has 1 heterocycles. The molecule has 2 rings (SSSR count). The smallest absolute Gasteiger partial charge is 0.181 e. The molecule has 1 aromatic carbocycles. The number of rotatable bonds is 4. The van der Waals surface area contributed by atoms with Gasteiger partial charge in [-0.05, 0) is 56.1 Å². The molecule has 0 saturated carbocycles. The summed E-state index contributed by atoms with van der Waals surface area (Å²) < 4.78 is 37.9. The average Bonchev–Trinajstić information content (AvgIpc) is 2.39. The number of sulfone groups is 1. The van der Waals surface area contributed by atoms with Crippen LogP contribution in [0, 0.1) is 11.7 Å². The second-order valence-corrected chi connectivity index (χ2v) is 8.12. The summed E-state index contributed by atoms with van der Waals surface area (Å²) in [6.45, 7) is 7.00. The van der Waals surface area contributed by atoms with Crippen LogP contribution in [-0.2, 0) is 9.84 Å². The van der Waals surface area contributed by atoms with Crippen molar-refractivity contribution >= 4 is 9.84 Å². The van der Waals surface area contributed by atoms with E-state index < -0.39 is 15.7 Å². The summed E-state index contributed by atoms with van der Waals surface area (Å²) in [7, 11) is -3.32. The van der Waals surface area contributed by atoms with E-state index in [2.05, 4.69) is 18.7 Å². The van der Waals surface area contributed by atoms with E-state index in [4.69, 9.17) is 0 Å². The zero-order valence-corrected chi connectivity index (χ0v) is 12.9. The topological polar surface area (TPSA) is 37.4 Å². The Morgan fingerprint density at radius 3 is 2.25 bits per heavy atom. The molecule has 0 bridgehead atoms. The molecule has 0 aliphatic carbocycles.